The molecule has 0 aliphatic carbocycles. The Morgan fingerprint density at radius 3 is 2.73 bits per heavy atom. The van der Waals surface area contributed by atoms with Crippen LogP contribution in [0.15, 0.2) is 48.7 Å². The van der Waals surface area contributed by atoms with E-state index in [1.807, 2.05) is 0 Å². The molecule has 1 heterocycles. The van der Waals surface area contributed by atoms with Crippen molar-refractivity contribution in [2.75, 3.05) is 0 Å². The number of aromatic nitrogens is 1. The van der Waals surface area contributed by atoms with Crippen molar-refractivity contribution in [2.24, 2.45) is 0 Å². The Balaban J connectivity index is 1.67. The van der Waals surface area contributed by atoms with E-state index in [1.165, 1.54) is 18.2 Å². The van der Waals surface area contributed by atoms with E-state index < -0.39 is 0 Å². The molecular formula is C17H14F2N2O. The summed E-state index contributed by atoms with van der Waals surface area (Å²) in [4.78, 5) is 14.9. The number of halogens is 2. The normalized spacial score (nSPS) is 10.8. The molecule has 0 unspecified atom stereocenters. The zero-order chi connectivity index (χ0) is 15.5. The summed E-state index contributed by atoms with van der Waals surface area (Å²) in [6.07, 6.45) is 1.84. The zero-order valence-electron chi connectivity index (χ0n) is 11.7. The third-order valence-electron chi connectivity index (χ3n) is 3.51. The number of fused-ring (bicyclic) bond motifs is 1. The maximum absolute atomic E-state index is 13.5. The van der Waals surface area contributed by atoms with Crippen molar-refractivity contribution < 1.29 is 13.6 Å². The number of carbonyl (C=O) groups is 1. The fraction of sp³-hybridized carbons (Fsp3) is 0.118. The molecule has 22 heavy (non-hydrogen) atoms. The molecule has 2 N–H and O–H groups in total. The van der Waals surface area contributed by atoms with Crippen LogP contribution in [0.5, 0.6) is 0 Å². The van der Waals surface area contributed by atoms with Crippen molar-refractivity contribution in [2.45, 2.75) is 13.0 Å². The molecule has 0 aliphatic heterocycles. The third-order valence-corrected chi connectivity index (χ3v) is 3.51. The largest absolute Gasteiger partial charge is 0.361 e. The molecule has 0 radical (unpaired) electrons. The Bertz CT molecular complexity index is 826. The van der Waals surface area contributed by atoms with Crippen molar-refractivity contribution in [1.29, 1.82) is 0 Å². The molecule has 3 aromatic rings. The molecule has 0 bridgehead atoms. The Labute approximate surface area is 126 Å². The number of hydrogen-bond acceptors (Lipinski definition) is 1. The van der Waals surface area contributed by atoms with E-state index in [2.05, 4.69) is 10.3 Å². The van der Waals surface area contributed by atoms with Gasteiger partial charge in [-0.25, -0.2) is 8.78 Å². The number of carbonyl (C=O) groups excluding carboxylic acids is 1. The van der Waals surface area contributed by atoms with Gasteiger partial charge in [0.1, 0.15) is 11.6 Å². The van der Waals surface area contributed by atoms with Gasteiger partial charge in [0, 0.05) is 29.2 Å². The molecule has 0 fully saturated rings. The van der Waals surface area contributed by atoms with Crippen LogP contribution in [0.2, 0.25) is 0 Å². The predicted molar refractivity (Wildman–Crippen MR) is 80.2 cm³/mol. The van der Waals surface area contributed by atoms with Crippen LogP contribution in [0.25, 0.3) is 10.9 Å². The van der Waals surface area contributed by atoms with E-state index in [-0.39, 0.29) is 30.5 Å². The quantitative estimate of drug-likeness (QED) is 0.763. The minimum Gasteiger partial charge on any atom is -0.361 e. The standard InChI is InChI=1S/C17H14F2N2O/c18-13-5-6-14-12(10-20-16(14)8-13)7-17(22)21-9-11-3-1-2-4-15(11)19/h1-6,8,10,20H,7,9H2,(H,21,22). The van der Waals surface area contributed by atoms with Crippen LogP contribution in [0.3, 0.4) is 0 Å². The number of aromatic amines is 1. The van der Waals surface area contributed by atoms with E-state index in [0.717, 1.165) is 10.9 Å². The van der Waals surface area contributed by atoms with Gasteiger partial charge >= 0.3 is 0 Å². The van der Waals surface area contributed by atoms with Gasteiger partial charge in [-0.15, -0.1) is 0 Å². The van der Waals surface area contributed by atoms with Crippen molar-refractivity contribution in [3.63, 3.8) is 0 Å². The summed E-state index contributed by atoms with van der Waals surface area (Å²) >= 11 is 0. The molecule has 1 amide bonds. The van der Waals surface area contributed by atoms with Gasteiger partial charge in [0.15, 0.2) is 0 Å². The second-order valence-corrected chi connectivity index (χ2v) is 5.05. The highest BCUT2D eigenvalue weighted by Gasteiger charge is 2.10. The monoisotopic (exact) mass is 300 g/mol. The van der Waals surface area contributed by atoms with Gasteiger partial charge in [0.2, 0.25) is 5.91 Å². The van der Waals surface area contributed by atoms with Crippen LogP contribution in [-0.4, -0.2) is 10.9 Å². The number of nitrogens with one attached hydrogen (secondary N) is 2. The van der Waals surface area contributed by atoms with E-state index in [4.69, 9.17) is 0 Å². The Hall–Kier alpha value is -2.69. The van der Waals surface area contributed by atoms with Crippen LogP contribution in [0.1, 0.15) is 11.1 Å². The lowest BCUT2D eigenvalue weighted by molar-refractivity contribution is -0.120. The van der Waals surface area contributed by atoms with Crippen LogP contribution in [-0.2, 0) is 17.8 Å². The highest BCUT2D eigenvalue weighted by Crippen LogP contribution is 2.19. The zero-order valence-corrected chi connectivity index (χ0v) is 11.7. The topological polar surface area (TPSA) is 44.9 Å². The number of hydrogen-bond donors (Lipinski definition) is 2. The highest BCUT2D eigenvalue weighted by molar-refractivity contribution is 5.88. The number of amides is 1. The minimum atomic E-state index is -0.342. The second kappa shape index (κ2) is 5.97. The highest BCUT2D eigenvalue weighted by atomic mass is 19.1. The average Bonchev–Trinajstić information content (AvgIpc) is 2.88. The number of benzene rings is 2. The van der Waals surface area contributed by atoms with Gasteiger partial charge < -0.3 is 10.3 Å². The van der Waals surface area contributed by atoms with E-state index in [1.54, 1.807) is 30.5 Å². The Kier molecular flexibility index (Phi) is 3.87. The second-order valence-electron chi connectivity index (χ2n) is 5.05. The van der Waals surface area contributed by atoms with Gasteiger partial charge in [0.25, 0.3) is 0 Å². The molecule has 2 aromatic carbocycles. The van der Waals surface area contributed by atoms with Crippen molar-refractivity contribution >= 4 is 16.8 Å². The molecule has 0 atom stereocenters. The maximum atomic E-state index is 13.5. The van der Waals surface area contributed by atoms with Gasteiger partial charge in [-0.3, -0.25) is 4.79 Å². The predicted octanol–water partition coefficient (Wildman–Crippen LogP) is 3.31. The first-order chi connectivity index (χ1) is 10.6. The summed E-state index contributed by atoms with van der Waals surface area (Å²) in [7, 11) is 0. The molecule has 0 aliphatic rings. The molecule has 3 rings (SSSR count). The first-order valence-electron chi connectivity index (χ1n) is 6.89. The van der Waals surface area contributed by atoms with Gasteiger partial charge in [-0.05, 0) is 29.8 Å². The molecule has 3 nitrogen and oxygen atoms in total. The first-order valence-corrected chi connectivity index (χ1v) is 6.89. The SMILES string of the molecule is O=C(Cc1c[nH]c2cc(F)ccc12)NCc1ccccc1F. The van der Waals surface area contributed by atoms with Crippen LogP contribution >= 0.6 is 0 Å². The summed E-state index contributed by atoms with van der Waals surface area (Å²) in [6, 6.07) is 10.7. The van der Waals surface area contributed by atoms with E-state index >= 15 is 0 Å². The Morgan fingerprint density at radius 1 is 1.09 bits per heavy atom. The fourth-order valence-corrected chi connectivity index (χ4v) is 2.38. The molecule has 1 aromatic heterocycles. The third kappa shape index (κ3) is 2.98. The lowest BCUT2D eigenvalue weighted by atomic mass is 10.1. The minimum absolute atomic E-state index is 0.141. The molecule has 112 valence electrons. The molecule has 5 heteroatoms. The lowest BCUT2D eigenvalue weighted by Gasteiger charge is -2.06. The van der Waals surface area contributed by atoms with Crippen molar-refractivity contribution in [3.8, 4) is 0 Å². The fourth-order valence-electron chi connectivity index (χ4n) is 2.38. The summed E-state index contributed by atoms with van der Waals surface area (Å²) in [6.45, 7) is 0.141. The number of rotatable bonds is 4. The smallest absolute Gasteiger partial charge is 0.224 e. The summed E-state index contributed by atoms with van der Waals surface area (Å²) in [5.41, 5.74) is 1.87. The maximum Gasteiger partial charge on any atom is 0.224 e. The van der Waals surface area contributed by atoms with Crippen LogP contribution in [0, 0.1) is 11.6 Å². The van der Waals surface area contributed by atoms with Gasteiger partial charge in [0.05, 0.1) is 6.42 Å². The van der Waals surface area contributed by atoms with Crippen LogP contribution < -0.4 is 5.32 Å². The van der Waals surface area contributed by atoms with Gasteiger partial charge in [-0.1, -0.05) is 18.2 Å². The molecule has 0 saturated carbocycles. The number of H-pyrrole nitrogens is 1. The summed E-state index contributed by atoms with van der Waals surface area (Å²) in [5, 5.41) is 3.50. The summed E-state index contributed by atoms with van der Waals surface area (Å²) in [5.74, 6) is -0.885. The molecular weight excluding hydrogens is 286 g/mol. The van der Waals surface area contributed by atoms with Crippen molar-refractivity contribution in [3.05, 3.63) is 71.4 Å². The molecule has 0 saturated heterocycles. The van der Waals surface area contributed by atoms with Crippen molar-refractivity contribution in [1.82, 2.24) is 10.3 Å². The Morgan fingerprint density at radius 2 is 1.91 bits per heavy atom. The first kappa shape index (κ1) is 14.3. The van der Waals surface area contributed by atoms with E-state index in [0.29, 0.717) is 11.1 Å². The lowest BCUT2D eigenvalue weighted by Crippen LogP contribution is -2.24. The molecule has 0 spiro atoms. The van der Waals surface area contributed by atoms with Gasteiger partial charge in [-0.2, -0.15) is 0 Å². The van der Waals surface area contributed by atoms with E-state index in [9.17, 15) is 13.6 Å². The summed E-state index contributed by atoms with van der Waals surface area (Å²) < 4.78 is 26.6. The average molecular weight is 300 g/mol. The van der Waals surface area contributed by atoms with Crippen LogP contribution in [0.4, 0.5) is 8.78 Å².